The number of methoxy groups -OCH3 is 1. The molecule has 21 heavy (non-hydrogen) atoms. The lowest BCUT2D eigenvalue weighted by molar-refractivity contribution is -0.386. The summed E-state index contributed by atoms with van der Waals surface area (Å²) in [5.41, 5.74) is 1.45. The molecule has 10 heteroatoms. The van der Waals surface area contributed by atoms with Gasteiger partial charge in [0.2, 0.25) is 10.0 Å². The van der Waals surface area contributed by atoms with E-state index in [0.717, 1.165) is 6.07 Å². The van der Waals surface area contributed by atoms with Crippen LogP contribution in [-0.4, -0.2) is 33.6 Å². The Hall–Kier alpha value is -1.75. The summed E-state index contributed by atoms with van der Waals surface area (Å²) in [5, 5.41) is 11.1. The van der Waals surface area contributed by atoms with Gasteiger partial charge in [-0.2, -0.15) is 0 Å². The number of benzene rings is 1. The number of nitrogen functional groups attached to an aromatic ring is 1. The molecule has 1 aromatic rings. The predicted molar refractivity (Wildman–Crippen MR) is 77.1 cm³/mol. The summed E-state index contributed by atoms with van der Waals surface area (Å²) >= 11 is 0. The zero-order valence-corrected chi connectivity index (χ0v) is 12.5. The van der Waals surface area contributed by atoms with Crippen molar-refractivity contribution in [3.8, 4) is 0 Å². The van der Waals surface area contributed by atoms with Gasteiger partial charge in [0, 0.05) is 20.3 Å². The lowest BCUT2D eigenvalue weighted by Gasteiger charge is -2.13. The van der Waals surface area contributed by atoms with Gasteiger partial charge < -0.3 is 10.2 Å². The first-order valence-electron chi connectivity index (χ1n) is 6.06. The molecule has 0 bridgehead atoms. The van der Waals surface area contributed by atoms with E-state index in [1.807, 2.05) is 0 Å². The highest BCUT2D eigenvalue weighted by Gasteiger charge is 2.28. The maximum absolute atomic E-state index is 12.2. The maximum atomic E-state index is 12.2. The number of nitrogens with zero attached hydrogens (tertiary/aromatic N) is 1. The molecule has 1 atom stereocenters. The number of nitrogens with one attached hydrogen (secondary N) is 2. The van der Waals surface area contributed by atoms with Gasteiger partial charge in [0.25, 0.3) is 0 Å². The first-order valence-corrected chi connectivity index (χ1v) is 7.54. The molecule has 0 radical (unpaired) electrons. The Morgan fingerprint density at radius 3 is 2.67 bits per heavy atom. The monoisotopic (exact) mass is 318 g/mol. The number of sulfonamides is 1. The molecule has 0 aliphatic heterocycles. The number of ether oxygens (including phenoxy) is 1. The smallest absolute Gasteiger partial charge is 0.313 e. The van der Waals surface area contributed by atoms with Crippen molar-refractivity contribution >= 4 is 21.4 Å². The minimum Gasteiger partial charge on any atom is -0.384 e. The van der Waals surface area contributed by atoms with Gasteiger partial charge in [0.15, 0.2) is 4.90 Å². The lowest BCUT2D eigenvalue weighted by Crippen LogP contribution is -2.30. The average Bonchev–Trinajstić information content (AvgIpc) is 2.44. The van der Waals surface area contributed by atoms with Crippen molar-refractivity contribution in [2.24, 2.45) is 11.8 Å². The van der Waals surface area contributed by atoms with Crippen LogP contribution in [0, 0.1) is 16.0 Å². The number of hydrogen-bond acceptors (Lipinski definition) is 7. The van der Waals surface area contributed by atoms with E-state index in [-0.39, 0.29) is 18.2 Å². The number of hydrogen-bond donors (Lipinski definition) is 3. The summed E-state index contributed by atoms with van der Waals surface area (Å²) in [6.45, 7) is 2.26. The molecule has 0 aromatic heterocycles. The van der Waals surface area contributed by atoms with Crippen molar-refractivity contribution in [2.45, 2.75) is 11.8 Å². The molecule has 9 nitrogen and oxygen atoms in total. The SMILES string of the molecule is COCC(C)CNS(=O)(=O)c1cccc(NN)c1[N+](=O)[O-]. The standard InChI is InChI=1S/C11H18N4O5S/c1-8(7-20-2)6-13-21(18,19)10-5-3-4-9(14-12)11(10)15(16)17/h3-5,8,13-14H,6-7,12H2,1-2H3. The summed E-state index contributed by atoms with van der Waals surface area (Å²) in [6, 6.07) is 3.85. The van der Waals surface area contributed by atoms with Gasteiger partial charge >= 0.3 is 5.69 Å². The highest BCUT2D eigenvalue weighted by atomic mass is 32.2. The Labute approximate surface area is 122 Å². The van der Waals surface area contributed by atoms with Crippen molar-refractivity contribution in [3.05, 3.63) is 28.3 Å². The fraction of sp³-hybridized carbons (Fsp3) is 0.455. The Balaban J connectivity index is 3.11. The van der Waals surface area contributed by atoms with Crippen molar-refractivity contribution in [1.29, 1.82) is 0 Å². The van der Waals surface area contributed by atoms with E-state index in [0.29, 0.717) is 6.61 Å². The van der Waals surface area contributed by atoms with E-state index in [9.17, 15) is 18.5 Å². The Morgan fingerprint density at radius 2 is 2.14 bits per heavy atom. The third kappa shape index (κ3) is 4.36. The summed E-state index contributed by atoms with van der Waals surface area (Å²) in [5.74, 6) is 5.11. The molecule has 0 spiro atoms. The molecule has 1 unspecified atom stereocenters. The topological polar surface area (TPSA) is 137 Å². The predicted octanol–water partition coefficient (Wildman–Crippen LogP) is 0.441. The van der Waals surface area contributed by atoms with Crippen LogP contribution in [0.3, 0.4) is 0 Å². The second kappa shape index (κ2) is 7.31. The van der Waals surface area contributed by atoms with Crippen molar-refractivity contribution < 1.29 is 18.1 Å². The summed E-state index contributed by atoms with van der Waals surface area (Å²) < 4.78 is 31.6. The second-order valence-electron chi connectivity index (χ2n) is 4.47. The van der Waals surface area contributed by atoms with Crippen LogP contribution in [0.15, 0.2) is 23.1 Å². The largest absolute Gasteiger partial charge is 0.384 e. The first-order chi connectivity index (χ1) is 9.83. The fourth-order valence-corrected chi connectivity index (χ4v) is 3.07. The Bertz CT molecular complexity index is 605. The second-order valence-corrected chi connectivity index (χ2v) is 6.20. The zero-order chi connectivity index (χ0) is 16.0. The molecule has 0 saturated heterocycles. The minimum absolute atomic E-state index is 0.0698. The molecule has 0 aliphatic carbocycles. The number of nitro benzene ring substituents is 1. The molecule has 0 aliphatic rings. The van der Waals surface area contributed by atoms with Gasteiger partial charge in [0.1, 0.15) is 5.69 Å². The van der Waals surface area contributed by atoms with Crippen LogP contribution < -0.4 is 16.0 Å². The molecule has 0 heterocycles. The average molecular weight is 318 g/mol. The first kappa shape index (κ1) is 17.3. The molecular weight excluding hydrogens is 300 g/mol. The van der Waals surface area contributed by atoms with Crippen LogP contribution >= 0.6 is 0 Å². The Kier molecular flexibility index (Phi) is 6.03. The minimum atomic E-state index is -4.02. The van der Waals surface area contributed by atoms with Crippen LogP contribution in [0.5, 0.6) is 0 Å². The zero-order valence-electron chi connectivity index (χ0n) is 11.7. The number of hydrazine groups is 1. The molecule has 1 aromatic carbocycles. The highest BCUT2D eigenvalue weighted by Crippen LogP contribution is 2.31. The van der Waals surface area contributed by atoms with Gasteiger partial charge in [0.05, 0.1) is 4.92 Å². The van der Waals surface area contributed by atoms with Gasteiger partial charge in [-0.3, -0.25) is 16.0 Å². The molecule has 0 fully saturated rings. The van der Waals surface area contributed by atoms with Crippen molar-refractivity contribution in [1.82, 2.24) is 4.72 Å². The number of rotatable bonds is 8. The van der Waals surface area contributed by atoms with E-state index in [1.165, 1.54) is 19.2 Å². The van der Waals surface area contributed by atoms with Gasteiger partial charge in [-0.15, -0.1) is 0 Å². The van der Waals surface area contributed by atoms with Crippen molar-refractivity contribution in [2.75, 3.05) is 25.7 Å². The molecular formula is C11H18N4O5S. The third-order valence-corrected chi connectivity index (χ3v) is 4.15. The van der Waals surface area contributed by atoms with Crippen LogP contribution in [0.2, 0.25) is 0 Å². The summed E-state index contributed by atoms with van der Waals surface area (Å²) in [7, 11) is -2.52. The lowest BCUT2D eigenvalue weighted by atomic mass is 10.2. The number of anilines is 1. The molecule has 4 N–H and O–H groups in total. The van der Waals surface area contributed by atoms with E-state index in [2.05, 4.69) is 10.1 Å². The normalized spacial score (nSPS) is 12.9. The highest BCUT2D eigenvalue weighted by molar-refractivity contribution is 7.89. The molecule has 1 rings (SSSR count). The number of para-hydroxylation sites is 1. The van der Waals surface area contributed by atoms with Gasteiger partial charge in [-0.1, -0.05) is 13.0 Å². The van der Waals surface area contributed by atoms with Gasteiger partial charge in [-0.25, -0.2) is 13.1 Å². The van der Waals surface area contributed by atoms with E-state index in [1.54, 1.807) is 6.92 Å². The number of nitrogens with two attached hydrogens (primary N) is 1. The van der Waals surface area contributed by atoms with E-state index < -0.39 is 25.5 Å². The van der Waals surface area contributed by atoms with Crippen LogP contribution in [0.25, 0.3) is 0 Å². The van der Waals surface area contributed by atoms with Gasteiger partial charge in [-0.05, 0) is 18.1 Å². The quantitative estimate of drug-likeness (QED) is 0.359. The number of nitro groups is 1. The molecule has 0 saturated carbocycles. The maximum Gasteiger partial charge on any atom is 0.313 e. The molecule has 0 amide bonds. The van der Waals surface area contributed by atoms with E-state index >= 15 is 0 Å². The fourth-order valence-electron chi connectivity index (χ4n) is 1.72. The van der Waals surface area contributed by atoms with Crippen LogP contribution in [-0.2, 0) is 14.8 Å². The summed E-state index contributed by atoms with van der Waals surface area (Å²) in [4.78, 5) is 9.86. The van der Waals surface area contributed by atoms with Crippen LogP contribution in [0.1, 0.15) is 6.92 Å². The van der Waals surface area contributed by atoms with Crippen LogP contribution in [0.4, 0.5) is 11.4 Å². The van der Waals surface area contributed by atoms with E-state index in [4.69, 9.17) is 10.6 Å². The Morgan fingerprint density at radius 1 is 1.48 bits per heavy atom. The summed E-state index contributed by atoms with van der Waals surface area (Å²) in [6.07, 6.45) is 0. The third-order valence-electron chi connectivity index (χ3n) is 2.70. The molecule has 118 valence electrons. The van der Waals surface area contributed by atoms with Crippen molar-refractivity contribution in [3.63, 3.8) is 0 Å².